The van der Waals surface area contributed by atoms with E-state index in [0.717, 1.165) is 47.5 Å². The van der Waals surface area contributed by atoms with Crippen LogP contribution in [0.5, 0.6) is 0 Å². The zero-order valence-electron chi connectivity index (χ0n) is 14.0. The molecule has 1 atom stereocenters. The molecule has 0 amide bonds. The molecule has 25 heavy (non-hydrogen) atoms. The lowest BCUT2D eigenvalue weighted by atomic mass is 10.0. The fraction of sp³-hybridized carbons (Fsp3) is 0.333. The van der Waals surface area contributed by atoms with Gasteiger partial charge in [-0.05, 0) is 32.3 Å². The second kappa shape index (κ2) is 6.16. The third kappa shape index (κ3) is 2.82. The van der Waals surface area contributed by atoms with E-state index in [1.165, 1.54) is 12.5 Å². The Morgan fingerprint density at radius 1 is 1.28 bits per heavy atom. The van der Waals surface area contributed by atoms with Crippen LogP contribution in [0.3, 0.4) is 0 Å². The van der Waals surface area contributed by atoms with Crippen molar-refractivity contribution < 1.29 is 4.92 Å². The van der Waals surface area contributed by atoms with Crippen LogP contribution in [-0.2, 0) is 0 Å². The summed E-state index contributed by atoms with van der Waals surface area (Å²) in [5.74, 6) is 0.935. The maximum absolute atomic E-state index is 11.0. The molecule has 7 heteroatoms. The van der Waals surface area contributed by atoms with Gasteiger partial charge in [0.15, 0.2) is 0 Å². The normalized spacial score (nSPS) is 17.8. The summed E-state index contributed by atoms with van der Waals surface area (Å²) in [5.41, 5.74) is 2.41. The number of benzene rings is 1. The molecule has 1 aliphatic rings. The van der Waals surface area contributed by atoms with Crippen molar-refractivity contribution in [2.45, 2.75) is 32.2 Å². The van der Waals surface area contributed by atoms with E-state index in [1.807, 2.05) is 12.1 Å². The van der Waals surface area contributed by atoms with E-state index in [1.54, 1.807) is 18.5 Å². The van der Waals surface area contributed by atoms with Gasteiger partial charge in [-0.2, -0.15) is 0 Å². The minimum atomic E-state index is -0.382. The monoisotopic (exact) mass is 337 g/mol. The number of nitrogens with zero attached hydrogens (tertiary/aromatic N) is 4. The average molecular weight is 337 g/mol. The van der Waals surface area contributed by atoms with E-state index in [0.29, 0.717) is 6.04 Å². The summed E-state index contributed by atoms with van der Waals surface area (Å²) < 4.78 is 0. The molecule has 1 N–H and O–H groups in total. The Labute approximate surface area is 144 Å². The molecule has 3 aromatic rings. The molecule has 1 aromatic carbocycles. The number of rotatable bonds is 3. The number of aromatic nitrogens is 3. The van der Waals surface area contributed by atoms with Crippen LogP contribution >= 0.6 is 0 Å². The maximum Gasteiger partial charge on any atom is 0.270 e. The van der Waals surface area contributed by atoms with Gasteiger partial charge in [-0.3, -0.25) is 10.1 Å². The third-order valence-corrected chi connectivity index (χ3v) is 4.85. The molecular weight excluding hydrogens is 318 g/mol. The molecule has 128 valence electrons. The predicted molar refractivity (Wildman–Crippen MR) is 96.6 cm³/mol. The van der Waals surface area contributed by atoms with Crippen LogP contribution in [0.25, 0.3) is 22.3 Å². The molecule has 0 spiro atoms. The van der Waals surface area contributed by atoms with Gasteiger partial charge in [-0.1, -0.05) is 12.1 Å². The lowest BCUT2D eigenvalue weighted by Crippen LogP contribution is -2.38. The van der Waals surface area contributed by atoms with Gasteiger partial charge < -0.3 is 9.88 Å². The number of H-pyrrole nitrogens is 1. The van der Waals surface area contributed by atoms with Crippen molar-refractivity contribution >= 4 is 22.5 Å². The van der Waals surface area contributed by atoms with Gasteiger partial charge in [0.1, 0.15) is 17.8 Å². The number of fused-ring (bicyclic) bond motifs is 1. The van der Waals surface area contributed by atoms with Crippen molar-refractivity contribution in [3.05, 3.63) is 46.8 Å². The number of non-ortho nitro benzene ring substituents is 1. The van der Waals surface area contributed by atoms with Gasteiger partial charge in [-0.25, -0.2) is 9.97 Å². The Bertz CT molecular complexity index is 936. The number of aromatic amines is 1. The molecule has 0 radical (unpaired) electrons. The molecule has 4 rings (SSSR count). The van der Waals surface area contributed by atoms with Gasteiger partial charge >= 0.3 is 0 Å². The quantitative estimate of drug-likeness (QED) is 0.578. The first kappa shape index (κ1) is 15.6. The molecule has 0 aliphatic carbocycles. The molecule has 1 aliphatic heterocycles. The van der Waals surface area contributed by atoms with Crippen LogP contribution in [0, 0.1) is 10.1 Å². The number of piperidine rings is 1. The van der Waals surface area contributed by atoms with Gasteiger partial charge in [0.25, 0.3) is 5.69 Å². The highest BCUT2D eigenvalue weighted by Crippen LogP contribution is 2.32. The van der Waals surface area contributed by atoms with Crippen molar-refractivity contribution in [2.24, 2.45) is 0 Å². The summed E-state index contributed by atoms with van der Waals surface area (Å²) in [4.78, 5) is 25.1. The van der Waals surface area contributed by atoms with E-state index in [9.17, 15) is 10.1 Å². The fourth-order valence-corrected chi connectivity index (χ4v) is 3.51. The van der Waals surface area contributed by atoms with Crippen molar-refractivity contribution in [1.82, 2.24) is 15.0 Å². The molecule has 1 fully saturated rings. The minimum absolute atomic E-state index is 0.0760. The second-order valence-corrected chi connectivity index (χ2v) is 6.49. The summed E-state index contributed by atoms with van der Waals surface area (Å²) in [7, 11) is 0. The molecule has 0 saturated carbocycles. The summed E-state index contributed by atoms with van der Waals surface area (Å²) in [6, 6.07) is 9.05. The lowest BCUT2D eigenvalue weighted by Gasteiger charge is -2.34. The van der Waals surface area contributed by atoms with E-state index >= 15 is 0 Å². The lowest BCUT2D eigenvalue weighted by molar-refractivity contribution is -0.384. The molecule has 0 bridgehead atoms. The molecule has 1 saturated heterocycles. The number of hydrogen-bond donors (Lipinski definition) is 1. The number of nitrogens with one attached hydrogen (secondary N) is 1. The molecule has 7 nitrogen and oxygen atoms in total. The molecular formula is C18H19N5O2. The Hall–Kier alpha value is -2.96. The Balaban J connectivity index is 1.79. The Kier molecular flexibility index (Phi) is 3.83. The highest BCUT2D eigenvalue weighted by atomic mass is 16.6. The first-order chi connectivity index (χ1) is 12.1. The zero-order valence-corrected chi connectivity index (χ0v) is 14.0. The average Bonchev–Trinajstić information content (AvgIpc) is 3.07. The van der Waals surface area contributed by atoms with Crippen molar-refractivity contribution in [3.8, 4) is 11.3 Å². The van der Waals surface area contributed by atoms with Gasteiger partial charge in [0, 0.05) is 36.0 Å². The summed E-state index contributed by atoms with van der Waals surface area (Å²) in [6.07, 6.45) is 5.15. The second-order valence-electron chi connectivity index (χ2n) is 6.49. The summed E-state index contributed by atoms with van der Waals surface area (Å²) in [6.45, 7) is 3.21. The molecule has 1 unspecified atom stereocenters. The Morgan fingerprint density at radius 3 is 2.96 bits per heavy atom. The summed E-state index contributed by atoms with van der Waals surface area (Å²) >= 11 is 0. The zero-order chi connectivity index (χ0) is 17.4. The molecule has 3 heterocycles. The predicted octanol–water partition coefficient (Wildman–Crippen LogP) is 3.91. The Morgan fingerprint density at radius 2 is 2.16 bits per heavy atom. The molecule has 2 aromatic heterocycles. The third-order valence-electron chi connectivity index (χ3n) is 4.85. The van der Waals surface area contributed by atoms with Gasteiger partial charge in [0.05, 0.1) is 10.3 Å². The van der Waals surface area contributed by atoms with Crippen LogP contribution in [-0.4, -0.2) is 32.5 Å². The van der Waals surface area contributed by atoms with Gasteiger partial charge in [0.2, 0.25) is 0 Å². The highest BCUT2D eigenvalue weighted by Gasteiger charge is 2.22. The van der Waals surface area contributed by atoms with E-state index in [2.05, 4.69) is 26.8 Å². The maximum atomic E-state index is 11.0. The fourth-order valence-electron chi connectivity index (χ4n) is 3.51. The van der Waals surface area contributed by atoms with Crippen LogP contribution in [0.2, 0.25) is 0 Å². The van der Waals surface area contributed by atoms with Crippen LogP contribution in [0.1, 0.15) is 26.2 Å². The largest absolute Gasteiger partial charge is 0.353 e. The number of nitro groups is 1. The summed E-state index contributed by atoms with van der Waals surface area (Å²) in [5, 5.41) is 12.0. The highest BCUT2D eigenvalue weighted by molar-refractivity contribution is 5.92. The van der Waals surface area contributed by atoms with Crippen molar-refractivity contribution in [3.63, 3.8) is 0 Å². The van der Waals surface area contributed by atoms with Crippen molar-refractivity contribution in [1.29, 1.82) is 0 Å². The SMILES string of the molecule is CC1CCCCN1c1ncnc2[nH]c(-c3cccc([N+](=O)[O-])c3)cc12. The van der Waals surface area contributed by atoms with Crippen LogP contribution < -0.4 is 4.90 Å². The number of anilines is 1. The van der Waals surface area contributed by atoms with Crippen LogP contribution in [0.15, 0.2) is 36.7 Å². The van der Waals surface area contributed by atoms with E-state index in [4.69, 9.17) is 0 Å². The van der Waals surface area contributed by atoms with Crippen molar-refractivity contribution in [2.75, 3.05) is 11.4 Å². The standard InChI is InChI=1S/C18H19N5O2/c1-12-5-2-3-8-22(12)18-15-10-16(21-17(15)19-11-20-18)13-6-4-7-14(9-13)23(24)25/h4,6-7,9-12H,2-3,5,8H2,1H3,(H,19,20,21). The number of nitro benzene ring substituents is 1. The van der Waals surface area contributed by atoms with Gasteiger partial charge in [-0.15, -0.1) is 0 Å². The smallest absolute Gasteiger partial charge is 0.270 e. The van der Waals surface area contributed by atoms with E-state index in [-0.39, 0.29) is 10.6 Å². The van der Waals surface area contributed by atoms with Crippen LogP contribution in [0.4, 0.5) is 11.5 Å². The first-order valence-corrected chi connectivity index (χ1v) is 8.48. The minimum Gasteiger partial charge on any atom is -0.353 e. The topological polar surface area (TPSA) is 88.0 Å². The van der Waals surface area contributed by atoms with E-state index < -0.39 is 0 Å². The number of hydrogen-bond acceptors (Lipinski definition) is 5. The first-order valence-electron chi connectivity index (χ1n) is 8.48.